The predicted molar refractivity (Wildman–Crippen MR) is 91.1 cm³/mol. The van der Waals surface area contributed by atoms with Gasteiger partial charge in [-0.1, -0.05) is 13.3 Å². The summed E-state index contributed by atoms with van der Waals surface area (Å²) in [6, 6.07) is -0.207. The van der Waals surface area contributed by atoms with Crippen LogP contribution in [0.25, 0.3) is 0 Å². The number of carbonyl (C=O) groups is 2. The van der Waals surface area contributed by atoms with Gasteiger partial charge in [0.2, 0.25) is 11.8 Å². The van der Waals surface area contributed by atoms with Crippen LogP contribution in [0.5, 0.6) is 0 Å². The molecule has 2 unspecified atom stereocenters. The maximum Gasteiger partial charge on any atom is 0.228 e. The molecular weight excluding hydrogens is 328 g/mol. The topological polar surface area (TPSA) is 74.8 Å². The van der Waals surface area contributed by atoms with Gasteiger partial charge in [-0.25, -0.2) is 8.42 Å². The number of hydrogen-bond donors (Lipinski definition) is 0. The summed E-state index contributed by atoms with van der Waals surface area (Å²) >= 11 is 0. The smallest absolute Gasteiger partial charge is 0.228 e. The second-order valence-corrected chi connectivity index (χ2v) is 9.81. The van der Waals surface area contributed by atoms with Gasteiger partial charge in [-0.05, 0) is 31.6 Å². The van der Waals surface area contributed by atoms with E-state index in [1.54, 1.807) is 4.90 Å². The van der Waals surface area contributed by atoms with Gasteiger partial charge in [-0.3, -0.25) is 9.59 Å². The van der Waals surface area contributed by atoms with Crippen molar-refractivity contribution in [3.63, 3.8) is 0 Å². The van der Waals surface area contributed by atoms with Crippen LogP contribution in [-0.2, 0) is 19.4 Å². The molecule has 0 spiro atoms. The van der Waals surface area contributed by atoms with Crippen molar-refractivity contribution < 1.29 is 18.0 Å². The van der Waals surface area contributed by atoms with Crippen molar-refractivity contribution in [2.45, 2.75) is 51.5 Å². The molecule has 2 amide bonds. The second kappa shape index (κ2) is 7.02. The highest BCUT2D eigenvalue weighted by molar-refractivity contribution is 7.91. The Balaban J connectivity index is 1.65. The summed E-state index contributed by atoms with van der Waals surface area (Å²) < 4.78 is 23.6. The molecule has 7 heteroatoms. The molecule has 136 valence electrons. The molecule has 1 saturated carbocycles. The Kier molecular flexibility index (Phi) is 5.18. The minimum absolute atomic E-state index is 0.0165. The molecule has 24 heavy (non-hydrogen) atoms. The van der Waals surface area contributed by atoms with Crippen LogP contribution in [0, 0.1) is 11.8 Å². The lowest BCUT2D eigenvalue weighted by molar-refractivity contribution is -0.137. The molecule has 2 saturated heterocycles. The number of sulfone groups is 1. The molecule has 3 rings (SSSR count). The minimum atomic E-state index is -3.02. The fourth-order valence-electron chi connectivity index (χ4n) is 3.78. The average Bonchev–Trinajstić information content (AvgIpc) is 3.17. The zero-order chi connectivity index (χ0) is 17.3. The van der Waals surface area contributed by atoms with Crippen LogP contribution in [0.4, 0.5) is 0 Å². The van der Waals surface area contributed by atoms with E-state index < -0.39 is 9.84 Å². The summed E-state index contributed by atoms with van der Waals surface area (Å²) in [7, 11) is -3.02. The van der Waals surface area contributed by atoms with E-state index in [9.17, 15) is 18.0 Å². The lowest BCUT2D eigenvalue weighted by Crippen LogP contribution is -2.45. The van der Waals surface area contributed by atoms with Gasteiger partial charge in [-0.15, -0.1) is 0 Å². The molecule has 0 aromatic carbocycles. The Hall–Kier alpha value is -1.11. The number of hydrogen-bond acceptors (Lipinski definition) is 4. The maximum atomic E-state index is 13.0. The van der Waals surface area contributed by atoms with Crippen LogP contribution in [0.15, 0.2) is 0 Å². The fraction of sp³-hybridized carbons (Fsp3) is 0.882. The van der Waals surface area contributed by atoms with Crippen molar-refractivity contribution in [2.75, 3.05) is 31.1 Å². The van der Waals surface area contributed by atoms with Crippen LogP contribution in [0.1, 0.15) is 45.4 Å². The van der Waals surface area contributed by atoms with Crippen LogP contribution in [-0.4, -0.2) is 67.2 Å². The molecule has 1 aliphatic carbocycles. The number of rotatable bonds is 7. The zero-order valence-electron chi connectivity index (χ0n) is 14.4. The Morgan fingerprint density at radius 3 is 2.62 bits per heavy atom. The third-order valence-electron chi connectivity index (χ3n) is 5.42. The van der Waals surface area contributed by atoms with Crippen molar-refractivity contribution in [2.24, 2.45) is 11.8 Å². The van der Waals surface area contributed by atoms with Crippen molar-refractivity contribution in [3.05, 3.63) is 0 Å². The molecule has 0 aromatic heterocycles. The SMILES string of the molecule is CCCCN(C(=O)C1CC(=O)N(CC2CC2)C1)C1CCS(=O)(=O)C1. The number of nitrogens with zero attached hydrogens (tertiary/aromatic N) is 2. The minimum Gasteiger partial charge on any atom is -0.342 e. The molecular formula is C17H28N2O4S. The van der Waals surface area contributed by atoms with Crippen molar-refractivity contribution in [1.82, 2.24) is 9.80 Å². The molecule has 2 aliphatic heterocycles. The summed E-state index contributed by atoms with van der Waals surface area (Å²) in [5.74, 6) is 0.641. The van der Waals surface area contributed by atoms with E-state index in [0.29, 0.717) is 25.4 Å². The highest BCUT2D eigenvalue weighted by Gasteiger charge is 2.42. The molecule has 3 fully saturated rings. The molecule has 6 nitrogen and oxygen atoms in total. The van der Waals surface area contributed by atoms with E-state index in [4.69, 9.17) is 0 Å². The lowest BCUT2D eigenvalue weighted by Gasteiger charge is -2.30. The van der Waals surface area contributed by atoms with Gasteiger partial charge in [0.25, 0.3) is 0 Å². The Morgan fingerprint density at radius 2 is 2.04 bits per heavy atom. The normalized spacial score (nSPS) is 29.2. The first-order chi connectivity index (χ1) is 11.4. The van der Waals surface area contributed by atoms with Crippen LogP contribution < -0.4 is 0 Å². The summed E-state index contributed by atoms with van der Waals surface area (Å²) in [6.45, 7) is 3.96. The van der Waals surface area contributed by atoms with E-state index in [1.807, 2.05) is 4.90 Å². The summed E-state index contributed by atoms with van der Waals surface area (Å²) in [4.78, 5) is 28.8. The standard InChI is InChI=1S/C17H28N2O4S/c1-2-3-7-19(15-6-8-24(22,23)12-15)17(21)14-9-16(20)18(11-14)10-13-4-5-13/h13-15H,2-12H2,1H3. The number of likely N-dealkylation sites (tertiary alicyclic amines) is 1. The third kappa shape index (κ3) is 4.10. The summed E-state index contributed by atoms with van der Waals surface area (Å²) in [6.07, 6.45) is 5.02. The van der Waals surface area contributed by atoms with Crippen molar-refractivity contribution >= 4 is 21.7 Å². The number of carbonyl (C=O) groups excluding carboxylic acids is 2. The Morgan fingerprint density at radius 1 is 1.29 bits per heavy atom. The quantitative estimate of drug-likeness (QED) is 0.684. The van der Waals surface area contributed by atoms with Gasteiger partial charge in [0.05, 0.1) is 17.4 Å². The first-order valence-electron chi connectivity index (χ1n) is 9.18. The van der Waals surface area contributed by atoms with Crippen LogP contribution in [0.2, 0.25) is 0 Å². The molecule has 2 atom stereocenters. The molecule has 0 N–H and O–H groups in total. The molecule has 0 aromatic rings. The van der Waals surface area contributed by atoms with E-state index in [2.05, 4.69) is 6.92 Å². The first kappa shape index (κ1) is 17.7. The van der Waals surface area contributed by atoms with Gasteiger partial charge in [0.1, 0.15) is 0 Å². The average molecular weight is 356 g/mol. The Bertz CT molecular complexity index is 600. The summed E-state index contributed by atoms with van der Waals surface area (Å²) in [5.41, 5.74) is 0. The van der Waals surface area contributed by atoms with Crippen LogP contribution >= 0.6 is 0 Å². The van der Waals surface area contributed by atoms with Gasteiger partial charge in [-0.2, -0.15) is 0 Å². The number of amides is 2. The molecule has 2 heterocycles. The predicted octanol–water partition coefficient (Wildman–Crippen LogP) is 1.06. The van der Waals surface area contributed by atoms with Crippen LogP contribution in [0.3, 0.4) is 0 Å². The maximum absolute atomic E-state index is 13.0. The monoisotopic (exact) mass is 356 g/mol. The van der Waals surface area contributed by atoms with Gasteiger partial charge < -0.3 is 9.80 Å². The highest BCUT2D eigenvalue weighted by atomic mass is 32.2. The largest absolute Gasteiger partial charge is 0.342 e. The van der Waals surface area contributed by atoms with Crippen molar-refractivity contribution in [1.29, 1.82) is 0 Å². The fourth-order valence-corrected chi connectivity index (χ4v) is 5.51. The van der Waals surface area contributed by atoms with E-state index >= 15 is 0 Å². The zero-order valence-corrected chi connectivity index (χ0v) is 15.3. The van der Waals surface area contributed by atoms with E-state index in [-0.39, 0.29) is 41.7 Å². The first-order valence-corrected chi connectivity index (χ1v) is 11.0. The Labute approximate surface area is 144 Å². The second-order valence-electron chi connectivity index (χ2n) is 7.59. The lowest BCUT2D eigenvalue weighted by atomic mass is 10.0. The highest BCUT2D eigenvalue weighted by Crippen LogP contribution is 2.32. The molecule has 0 radical (unpaired) electrons. The number of unbranched alkanes of at least 4 members (excludes halogenated alkanes) is 1. The van der Waals surface area contributed by atoms with Crippen molar-refractivity contribution in [3.8, 4) is 0 Å². The molecule has 0 bridgehead atoms. The van der Waals surface area contributed by atoms with Gasteiger partial charge in [0, 0.05) is 32.1 Å². The third-order valence-corrected chi connectivity index (χ3v) is 7.17. The van der Waals surface area contributed by atoms with E-state index in [1.165, 1.54) is 12.8 Å². The van der Waals surface area contributed by atoms with E-state index in [0.717, 1.165) is 19.4 Å². The molecule has 3 aliphatic rings. The van der Waals surface area contributed by atoms with Gasteiger partial charge in [0.15, 0.2) is 9.84 Å². The van der Waals surface area contributed by atoms with Gasteiger partial charge >= 0.3 is 0 Å². The summed E-state index contributed by atoms with van der Waals surface area (Å²) in [5, 5.41) is 0.